The van der Waals surface area contributed by atoms with Crippen molar-refractivity contribution in [2.24, 2.45) is 0 Å². The van der Waals surface area contributed by atoms with E-state index in [1.165, 1.54) is 0 Å². The van der Waals surface area contributed by atoms with Gasteiger partial charge in [-0.1, -0.05) is 0 Å². The van der Waals surface area contributed by atoms with E-state index in [1.807, 2.05) is 5.10 Å². The van der Waals surface area contributed by atoms with Crippen LogP contribution in [0.25, 0.3) is 0 Å². The van der Waals surface area contributed by atoms with Gasteiger partial charge in [0.1, 0.15) is 18.8 Å². The fourth-order valence-corrected chi connectivity index (χ4v) is 1.15. The third kappa shape index (κ3) is 3.70. The van der Waals surface area contributed by atoms with Crippen LogP contribution in [0, 0.1) is 0 Å². The second kappa shape index (κ2) is 5.57. The number of H-pyrrole nitrogens is 1. The maximum atomic E-state index is 11.7. The number of hydrogen-bond acceptors (Lipinski definition) is 5. The molecule has 1 aromatic heterocycles. The fourth-order valence-electron chi connectivity index (χ4n) is 1.15. The lowest BCUT2D eigenvalue weighted by molar-refractivity contribution is -0.140. The zero-order chi connectivity index (χ0) is 13.7. The zero-order valence-corrected chi connectivity index (χ0v) is 8.99. The van der Waals surface area contributed by atoms with E-state index in [1.54, 1.807) is 0 Å². The van der Waals surface area contributed by atoms with Crippen molar-refractivity contribution in [2.75, 3.05) is 13.1 Å². The lowest BCUT2D eigenvalue weighted by Crippen LogP contribution is -2.40. The van der Waals surface area contributed by atoms with Crippen molar-refractivity contribution < 1.29 is 24.6 Å². The van der Waals surface area contributed by atoms with Crippen molar-refractivity contribution in [1.29, 1.82) is 0 Å². The molecule has 0 saturated heterocycles. The Morgan fingerprint density at radius 2 is 1.72 bits per heavy atom. The smallest absolute Gasteiger partial charge is 0.323 e. The minimum atomic E-state index is -1.35. The molecule has 18 heavy (non-hydrogen) atoms. The lowest BCUT2D eigenvalue weighted by atomic mass is 10.3. The summed E-state index contributed by atoms with van der Waals surface area (Å²) in [5.41, 5.74) is -0.772. The van der Waals surface area contributed by atoms with Crippen LogP contribution in [0.5, 0.6) is 0 Å². The molecule has 0 unspecified atom stereocenters. The highest BCUT2D eigenvalue weighted by Gasteiger charge is 2.22. The molecule has 0 radical (unpaired) electrons. The summed E-state index contributed by atoms with van der Waals surface area (Å²) < 4.78 is 0. The monoisotopic (exact) mass is 255 g/mol. The molecular formula is C9H9N3O6. The molecule has 0 aliphatic rings. The number of nitrogens with zero attached hydrogens (tertiary/aromatic N) is 2. The molecule has 1 rings (SSSR count). The molecule has 96 valence electrons. The van der Waals surface area contributed by atoms with Crippen molar-refractivity contribution in [2.45, 2.75) is 0 Å². The first-order chi connectivity index (χ1) is 8.40. The summed E-state index contributed by atoms with van der Waals surface area (Å²) in [6, 6.07) is 2.11. The van der Waals surface area contributed by atoms with Crippen molar-refractivity contribution >= 4 is 17.8 Å². The topological polar surface area (TPSA) is 141 Å². The Bertz CT molecular complexity index is 501. The molecule has 0 saturated carbocycles. The third-order valence-corrected chi connectivity index (χ3v) is 1.84. The van der Waals surface area contributed by atoms with E-state index in [0.29, 0.717) is 4.90 Å². The Morgan fingerprint density at radius 3 is 2.11 bits per heavy atom. The quantitative estimate of drug-likeness (QED) is 0.574. The summed E-state index contributed by atoms with van der Waals surface area (Å²) in [7, 11) is 0. The van der Waals surface area contributed by atoms with Crippen LogP contribution in [0.2, 0.25) is 0 Å². The highest BCUT2D eigenvalue weighted by atomic mass is 16.4. The number of rotatable bonds is 5. The number of aromatic nitrogens is 2. The zero-order valence-electron chi connectivity index (χ0n) is 8.99. The Labute approximate surface area is 99.7 Å². The second-order valence-electron chi connectivity index (χ2n) is 3.26. The summed E-state index contributed by atoms with van der Waals surface area (Å²) in [6.45, 7) is -1.54. The molecule has 9 heteroatoms. The van der Waals surface area contributed by atoms with Crippen LogP contribution in [0.4, 0.5) is 0 Å². The third-order valence-electron chi connectivity index (χ3n) is 1.84. The van der Waals surface area contributed by atoms with Gasteiger partial charge in [0.15, 0.2) is 0 Å². The van der Waals surface area contributed by atoms with Crippen LogP contribution in [-0.2, 0) is 9.59 Å². The molecule has 0 aromatic carbocycles. The number of hydrogen-bond donors (Lipinski definition) is 3. The molecule has 0 fully saturated rings. The Kier molecular flexibility index (Phi) is 4.13. The first kappa shape index (κ1) is 13.4. The first-order valence-corrected chi connectivity index (χ1v) is 4.68. The number of carbonyl (C=O) groups excluding carboxylic acids is 1. The highest BCUT2D eigenvalue weighted by Crippen LogP contribution is 1.99. The van der Waals surface area contributed by atoms with E-state index < -0.39 is 36.5 Å². The van der Waals surface area contributed by atoms with Gasteiger partial charge < -0.3 is 15.1 Å². The Morgan fingerprint density at radius 1 is 1.17 bits per heavy atom. The molecule has 0 aliphatic heterocycles. The van der Waals surface area contributed by atoms with Crippen molar-refractivity contribution in [1.82, 2.24) is 15.1 Å². The largest absolute Gasteiger partial charge is 0.480 e. The van der Waals surface area contributed by atoms with E-state index in [2.05, 4.69) is 5.10 Å². The van der Waals surface area contributed by atoms with Gasteiger partial charge in [0, 0.05) is 6.07 Å². The molecule has 1 aromatic rings. The van der Waals surface area contributed by atoms with E-state index in [-0.39, 0.29) is 5.69 Å². The van der Waals surface area contributed by atoms with Crippen molar-refractivity contribution in [3.8, 4) is 0 Å². The van der Waals surface area contributed by atoms with Crippen LogP contribution >= 0.6 is 0 Å². The van der Waals surface area contributed by atoms with Crippen LogP contribution in [0.3, 0.4) is 0 Å². The molecule has 0 aliphatic carbocycles. The minimum absolute atomic E-state index is 0.239. The second-order valence-corrected chi connectivity index (χ2v) is 3.26. The standard InChI is InChI=1S/C9H9N3O6/c13-6-2-1-5(10-11-6)9(18)12(3-7(14)15)4-8(16)17/h1-2H,3-4H2,(H,11,13)(H,14,15)(H,16,17). The predicted molar refractivity (Wildman–Crippen MR) is 56.0 cm³/mol. The normalized spacial score (nSPS) is 9.78. The van der Waals surface area contributed by atoms with E-state index in [4.69, 9.17) is 10.2 Å². The van der Waals surface area contributed by atoms with Gasteiger partial charge in [-0.15, -0.1) is 0 Å². The molecule has 0 bridgehead atoms. The predicted octanol–water partition coefficient (Wildman–Crippen LogP) is -1.62. The van der Waals surface area contributed by atoms with E-state index >= 15 is 0 Å². The molecule has 1 heterocycles. The maximum absolute atomic E-state index is 11.7. The summed E-state index contributed by atoms with van der Waals surface area (Å²) in [6.07, 6.45) is 0. The molecular weight excluding hydrogens is 246 g/mol. The van der Waals surface area contributed by atoms with Crippen molar-refractivity contribution in [3.63, 3.8) is 0 Å². The summed E-state index contributed by atoms with van der Waals surface area (Å²) in [5, 5.41) is 22.5. The average Bonchev–Trinajstić information content (AvgIpc) is 2.27. The van der Waals surface area contributed by atoms with Crippen LogP contribution in [-0.4, -0.2) is 56.2 Å². The number of amides is 1. The highest BCUT2D eigenvalue weighted by molar-refractivity contribution is 5.95. The number of carbonyl (C=O) groups is 3. The molecule has 0 spiro atoms. The van der Waals surface area contributed by atoms with Crippen LogP contribution in [0.1, 0.15) is 10.5 Å². The summed E-state index contributed by atoms with van der Waals surface area (Å²) >= 11 is 0. The molecule has 3 N–H and O–H groups in total. The molecule has 9 nitrogen and oxygen atoms in total. The number of carboxylic acids is 2. The number of carboxylic acid groups (broad SMARTS) is 2. The van der Waals surface area contributed by atoms with Gasteiger partial charge in [-0.25, -0.2) is 5.10 Å². The molecule has 1 amide bonds. The number of nitrogens with one attached hydrogen (secondary N) is 1. The summed E-state index contributed by atoms with van der Waals surface area (Å²) in [5.74, 6) is -3.60. The molecule has 0 atom stereocenters. The van der Waals surface area contributed by atoms with Gasteiger partial charge in [0.2, 0.25) is 0 Å². The van der Waals surface area contributed by atoms with Gasteiger partial charge in [-0.05, 0) is 6.07 Å². The number of aromatic amines is 1. The number of aliphatic carboxylic acids is 2. The van der Waals surface area contributed by atoms with Crippen LogP contribution in [0.15, 0.2) is 16.9 Å². The lowest BCUT2D eigenvalue weighted by Gasteiger charge is -2.17. The fraction of sp³-hybridized carbons (Fsp3) is 0.222. The SMILES string of the molecule is O=C(O)CN(CC(=O)O)C(=O)c1ccc(=O)[nH]n1. The Balaban J connectivity index is 2.93. The van der Waals surface area contributed by atoms with Crippen molar-refractivity contribution in [3.05, 3.63) is 28.2 Å². The Hall–Kier alpha value is -2.71. The van der Waals surface area contributed by atoms with Crippen LogP contribution < -0.4 is 5.56 Å². The van der Waals surface area contributed by atoms with E-state index in [0.717, 1.165) is 12.1 Å². The van der Waals surface area contributed by atoms with Gasteiger partial charge in [-0.2, -0.15) is 5.10 Å². The van der Waals surface area contributed by atoms with Gasteiger partial charge >= 0.3 is 11.9 Å². The van der Waals surface area contributed by atoms with Gasteiger partial charge in [-0.3, -0.25) is 19.2 Å². The minimum Gasteiger partial charge on any atom is -0.480 e. The first-order valence-electron chi connectivity index (χ1n) is 4.68. The summed E-state index contributed by atoms with van der Waals surface area (Å²) in [4.78, 5) is 44.1. The maximum Gasteiger partial charge on any atom is 0.323 e. The van der Waals surface area contributed by atoms with Gasteiger partial charge in [0.05, 0.1) is 0 Å². The van der Waals surface area contributed by atoms with E-state index in [9.17, 15) is 19.2 Å². The van der Waals surface area contributed by atoms with Gasteiger partial charge in [0.25, 0.3) is 11.5 Å². The average molecular weight is 255 g/mol.